The monoisotopic (exact) mass is 307 g/mol. The van der Waals surface area contributed by atoms with Crippen molar-refractivity contribution < 1.29 is 0 Å². The summed E-state index contributed by atoms with van der Waals surface area (Å²) in [7, 11) is 1.95. The molecule has 1 heterocycles. The first-order chi connectivity index (χ1) is 8.60. The van der Waals surface area contributed by atoms with Crippen molar-refractivity contribution >= 4 is 21.6 Å². The Labute approximate surface area is 116 Å². The highest BCUT2D eigenvalue weighted by Gasteiger charge is 2.05. The Morgan fingerprint density at radius 1 is 1.33 bits per heavy atom. The average Bonchev–Trinajstić information content (AvgIpc) is 2.66. The molecule has 0 aliphatic carbocycles. The van der Waals surface area contributed by atoms with Gasteiger partial charge in [-0.3, -0.25) is 4.68 Å². The Balaban J connectivity index is 2.13. The summed E-state index contributed by atoms with van der Waals surface area (Å²) in [4.78, 5) is 0. The summed E-state index contributed by atoms with van der Waals surface area (Å²) in [6, 6.07) is 6.35. The summed E-state index contributed by atoms with van der Waals surface area (Å²) in [5.74, 6) is 0. The van der Waals surface area contributed by atoms with Gasteiger partial charge in [0.15, 0.2) is 0 Å². The van der Waals surface area contributed by atoms with Gasteiger partial charge in [-0.25, -0.2) is 0 Å². The van der Waals surface area contributed by atoms with Crippen molar-refractivity contribution in [2.75, 3.05) is 5.32 Å². The maximum Gasteiger partial charge on any atom is 0.0643 e. The van der Waals surface area contributed by atoms with Crippen LogP contribution in [-0.4, -0.2) is 9.78 Å². The van der Waals surface area contributed by atoms with E-state index in [4.69, 9.17) is 0 Å². The van der Waals surface area contributed by atoms with Crippen molar-refractivity contribution in [3.8, 4) is 0 Å². The minimum absolute atomic E-state index is 0.814. The van der Waals surface area contributed by atoms with E-state index in [9.17, 15) is 0 Å². The van der Waals surface area contributed by atoms with Crippen LogP contribution in [0.4, 0.5) is 5.69 Å². The van der Waals surface area contributed by atoms with Gasteiger partial charge in [-0.15, -0.1) is 0 Å². The van der Waals surface area contributed by atoms with Crippen molar-refractivity contribution in [3.63, 3.8) is 0 Å². The Bertz CT molecular complexity index is 546. The molecule has 2 aromatic rings. The SMILES string of the molecule is CCc1cc(Br)ccc1NCc1cn(C)nc1C. The highest BCUT2D eigenvalue weighted by Crippen LogP contribution is 2.22. The van der Waals surface area contributed by atoms with Gasteiger partial charge in [0.2, 0.25) is 0 Å². The summed E-state index contributed by atoms with van der Waals surface area (Å²) >= 11 is 3.51. The fourth-order valence-electron chi connectivity index (χ4n) is 2.04. The molecule has 0 atom stereocenters. The minimum Gasteiger partial charge on any atom is -0.381 e. The minimum atomic E-state index is 0.814. The molecule has 0 spiro atoms. The lowest BCUT2D eigenvalue weighted by molar-refractivity contribution is 0.756. The molecule has 0 saturated heterocycles. The summed E-state index contributed by atoms with van der Waals surface area (Å²) in [5.41, 5.74) is 4.84. The van der Waals surface area contributed by atoms with E-state index in [0.29, 0.717) is 0 Å². The molecule has 0 bridgehead atoms. The number of nitrogens with zero attached hydrogens (tertiary/aromatic N) is 2. The maximum atomic E-state index is 4.35. The molecule has 0 fully saturated rings. The van der Waals surface area contributed by atoms with E-state index in [-0.39, 0.29) is 0 Å². The summed E-state index contributed by atoms with van der Waals surface area (Å²) in [5, 5.41) is 7.84. The zero-order valence-corrected chi connectivity index (χ0v) is 12.6. The van der Waals surface area contributed by atoms with Gasteiger partial charge in [0.25, 0.3) is 0 Å². The topological polar surface area (TPSA) is 29.9 Å². The molecule has 0 aliphatic rings. The fourth-order valence-corrected chi connectivity index (χ4v) is 2.45. The van der Waals surface area contributed by atoms with Gasteiger partial charge in [-0.05, 0) is 37.1 Å². The third-order valence-corrected chi connectivity index (χ3v) is 3.53. The van der Waals surface area contributed by atoms with Crippen LogP contribution < -0.4 is 5.32 Å². The van der Waals surface area contributed by atoms with Crippen molar-refractivity contribution in [3.05, 3.63) is 45.7 Å². The van der Waals surface area contributed by atoms with Crippen LogP contribution >= 0.6 is 15.9 Å². The zero-order chi connectivity index (χ0) is 13.1. The lowest BCUT2D eigenvalue weighted by atomic mass is 10.1. The van der Waals surface area contributed by atoms with Gasteiger partial charge >= 0.3 is 0 Å². The predicted octanol–water partition coefficient (Wildman–Crippen LogP) is 3.67. The van der Waals surface area contributed by atoms with E-state index >= 15 is 0 Å². The van der Waals surface area contributed by atoms with E-state index < -0.39 is 0 Å². The number of nitrogens with one attached hydrogen (secondary N) is 1. The van der Waals surface area contributed by atoms with Gasteiger partial charge < -0.3 is 5.32 Å². The molecule has 4 heteroatoms. The van der Waals surface area contributed by atoms with Crippen molar-refractivity contribution in [2.24, 2.45) is 7.05 Å². The number of aryl methyl sites for hydroxylation is 3. The van der Waals surface area contributed by atoms with E-state index in [1.807, 2.05) is 18.7 Å². The number of hydrogen-bond donors (Lipinski definition) is 1. The normalized spacial score (nSPS) is 10.7. The van der Waals surface area contributed by atoms with Crippen LogP contribution in [0.25, 0.3) is 0 Å². The number of aromatic nitrogens is 2. The zero-order valence-electron chi connectivity index (χ0n) is 11.0. The van der Waals surface area contributed by atoms with Crippen LogP contribution in [0, 0.1) is 6.92 Å². The molecule has 2 rings (SSSR count). The number of rotatable bonds is 4. The molecule has 0 saturated carbocycles. The third kappa shape index (κ3) is 2.93. The maximum absolute atomic E-state index is 4.35. The summed E-state index contributed by atoms with van der Waals surface area (Å²) in [6.45, 7) is 5.02. The second-order valence-electron chi connectivity index (χ2n) is 4.42. The first-order valence-corrected chi connectivity index (χ1v) is 6.91. The molecular weight excluding hydrogens is 290 g/mol. The van der Waals surface area contributed by atoms with Gasteiger partial charge in [-0.2, -0.15) is 5.10 Å². The molecule has 0 radical (unpaired) electrons. The molecular formula is C14H18BrN3. The lowest BCUT2D eigenvalue weighted by Gasteiger charge is -2.11. The summed E-state index contributed by atoms with van der Waals surface area (Å²) < 4.78 is 2.98. The van der Waals surface area contributed by atoms with Gasteiger partial charge in [0.05, 0.1) is 5.69 Å². The number of halogens is 1. The average molecular weight is 308 g/mol. The van der Waals surface area contributed by atoms with Crippen LogP contribution in [0.2, 0.25) is 0 Å². The van der Waals surface area contributed by atoms with Crippen LogP contribution in [0.1, 0.15) is 23.7 Å². The van der Waals surface area contributed by atoms with Crippen LogP contribution in [-0.2, 0) is 20.0 Å². The van der Waals surface area contributed by atoms with E-state index in [0.717, 1.165) is 23.1 Å². The fraction of sp³-hybridized carbons (Fsp3) is 0.357. The largest absolute Gasteiger partial charge is 0.381 e. The Hall–Kier alpha value is -1.29. The molecule has 96 valence electrons. The second kappa shape index (κ2) is 5.57. The molecule has 0 unspecified atom stereocenters. The molecule has 1 aromatic carbocycles. The van der Waals surface area contributed by atoms with Gasteiger partial charge in [-0.1, -0.05) is 22.9 Å². The predicted molar refractivity (Wildman–Crippen MR) is 78.8 cm³/mol. The lowest BCUT2D eigenvalue weighted by Crippen LogP contribution is -2.02. The van der Waals surface area contributed by atoms with Crippen molar-refractivity contribution in [1.29, 1.82) is 0 Å². The highest BCUT2D eigenvalue weighted by molar-refractivity contribution is 9.10. The first kappa shape index (κ1) is 13.1. The Morgan fingerprint density at radius 3 is 2.72 bits per heavy atom. The third-order valence-electron chi connectivity index (χ3n) is 3.03. The van der Waals surface area contributed by atoms with Crippen LogP contribution in [0.5, 0.6) is 0 Å². The van der Waals surface area contributed by atoms with Gasteiger partial charge in [0.1, 0.15) is 0 Å². The van der Waals surface area contributed by atoms with E-state index in [1.165, 1.54) is 16.8 Å². The number of anilines is 1. The smallest absolute Gasteiger partial charge is 0.0643 e. The standard InChI is InChI=1S/C14H18BrN3/c1-4-11-7-13(15)5-6-14(11)16-8-12-9-18(3)17-10(12)2/h5-7,9,16H,4,8H2,1-3H3. The second-order valence-corrected chi connectivity index (χ2v) is 5.34. The van der Waals surface area contributed by atoms with Crippen molar-refractivity contribution in [1.82, 2.24) is 9.78 Å². The Morgan fingerprint density at radius 2 is 2.11 bits per heavy atom. The molecule has 1 N–H and O–H groups in total. The van der Waals surface area contributed by atoms with E-state index in [2.05, 4.69) is 57.7 Å². The van der Waals surface area contributed by atoms with E-state index in [1.54, 1.807) is 0 Å². The summed E-state index contributed by atoms with van der Waals surface area (Å²) in [6.07, 6.45) is 3.08. The first-order valence-electron chi connectivity index (χ1n) is 6.11. The highest BCUT2D eigenvalue weighted by atomic mass is 79.9. The molecule has 1 aromatic heterocycles. The molecule has 0 amide bonds. The molecule has 0 aliphatic heterocycles. The molecule has 18 heavy (non-hydrogen) atoms. The van der Waals surface area contributed by atoms with Gasteiger partial charge in [0, 0.05) is 35.5 Å². The van der Waals surface area contributed by atoms with Crippen LogP contribution in [0.3, 0.4) is 0 Å². The van der Waals surface area contributed by atoms with Crippen LogP contribution in [0.15, 0.2) is 28.9 Å². The Kier molecular flexibility index (Phi) is 4.07. The number of hydrogen-bond acceptors (Lipinski definition) is 2. The van der Waals surface area contributed by atoms with Crippen molar-refractivity contribution in [2.45, 2.75) is 26.8 Å². The number of benzene rings is 1. The quantitative estimate of drug-likeness (QED) is 0.934. The molecule has 3 nitrogen and oxygen atoms in total.